The van der Waals surface area contributed by atoms with Crippen LogP contribution in [0.3, 0.4) is 0 Å². The van der Waals surface area contributed by atoms with Crippen molar-refractivity contribution in [2.75, 3.05) is 8.61 Å². The van der Waals surface area contributed by atoms with Crippen LogP contribution in [-0.2, 0) is 49.7 Å². The minimum atomic E-state index is -3.98. The first-order valence-corrected chi connectivity index (χ1v) is 22.4. The fourth-order valence-corrected chi connectivity index (χ4v) is 8.80. The predicted molar refractivity (Wildman–Crippen MR) is 237 cm³/mol. The van der Waals surface area contributed by atoms with Crippen LogP contribution in [0.1, 0.15) is 79.2 Å². The quantitative estimate of drug-likeness (QED) is 0.110. The van der Waals surface area contributed by atoms with Gasteiger partial charge in [-0.3, -0.25) is 8.61 Å². The molecule has 1 heterocycles. The van der Waals surface area contributed by atoms with Crippen molar-refractivity contribution in [2.45, 2.75) is 82.7 Å². The number of aromatic nitrogens is 2. The first kappa shape index (κ1) is 45.8. The molecule has 0 amide bonds. The van der Waals surface area contributed by atoms with E-state index in [0.717, 1.165) is 11.1 Å². The second-order valence-corrected chi connectivity index (χ2v) is 19.8. The molecule has 61 heavy (non-hydrogen) atoms. The largest absolute Gasteiger partial charge is 0.456 e. The fraction of sp³-hybridized carbons (Fsp3) is 0.255. The highest BCUT2D eigenvalue weighted by Crippen LogP contribution is 2.29. The van der Waals surface area contributed by atoms with Crippen molar-refractivity contribution < 1.29 is 35.9 Å². The molecular formula is C47H52N4O8S2. The summed E-state index contributed by atoms with van der Waals surface area (Å²) in [5.74, 6) is -0.429. The maximum absolute atomic E-state index is 13.5. The van der Waals surface area contributed by atoms with E-state index in [4.69, 9.17) is 9.47 Å². The lowest BCUT2D eigenvalue weighted by molar-refractivity contribution is 0.00571. The Bertz CT molecular complexity index is 2640. The zero-order valence-corrected chi connectivity index (χ0v) is 37.3. The fourth-order valence-electron chi connectivity index (χ4n) is 5.86. The highest BCUT2D eigenvalue weighted by atomic mass is 32.2. The number of imidazole rings is 1. The van der Waals surface area contributed by atoms with E-state index in [9.17, 15) is 26.4 Å². The number of anilines is 2. The van der Waals surface area contributed by atoms with Gasteiger partial charge in [-0.2, -0.15) is 8.42 Å². The van der Waals surface area contributed by atoms with Gasteiger partial charge in [-0.25, -0.2) is 23.0 Å². The van der Waals surface area contributed by atoms with E-state index in [0.29, 0.717) is 22.8 Å². The predicted octanol–water partition coefficient (Wildman–Crippen LogP) is 9.12. The third-order valence-corrected chi connectivity index (χ3v) is 12.3. The van der Waals surface area contributed by atoms with Gasteiger partial charge in [0.1, 0.15) is 17.0 Å². The molecule has 12 nitrogen and oxygen atoms in total. The molecular weight excluding hydrogens is 813 g/mol. The Labute approximate surface area is 359 Å². The number of ether oxygens (including phenoxy) is 2. The van der Waals surface area contributed by atoms with Crippen LogP contribution in [0.25, 0.3) is 0 Å². The van der Waals surface area contributed by atoms with Crippen LogP contribution >= 0.6 is 0 Å². The average Bonchev–Trinajstić information content (AvgIpc) is 3.57. The lowest BCUT2D eigenvalue weighted by atomic mass is 10.1. The number of benzene rings is 5. The lowest BCUT2D eigenvalue weighted by Gasteiger charge is -2.25. The number of carbonyl (C=O) groups is 2. The van der Waals surface area contributed by atoms with Gasteiger partial charge < -0.3 is 14.0 Å². The van der Waals surface area contributed by atoms with Crippen molar-refractivity contribution in [2.24, 2.45) is 7.05 Å². The molecule has 14 heteroatoms. The van der Waals surface area contributed by atoms with Crippen LogP contribution < -0.4 is 8.61 Å². The second kappa shape index (κ2) is 19.0. The van der Waals surface area contributed by atoms with E-state index in [2.05, 4.69) is 4.98 Å². The molecule has 0 N–H and O–H groups in total. The van der Waals surface area contributed by atoms with Crippen LogP contribution in [0.15, 0.2) is 156 Å². The van der Waals surface area contributed by atoms with Crippen LogP contribution in [-0.4, -0.2) is 49.5 Å². The minimum Gasteiger partial charge on any atom is -0.456 e. The summed E-state index contributed by atoms with van der Waals surface area (Å²) in [5.41, 5.74) is 1.66. The smallest absolute Gasteiger partial charge is 0.338 e. The number of esters is 2. The van der Waals surface area contributed by atoms with Crippen LogP contribution in [0.2, 0.25) is 0 Å². The molecule has 6 aromatic rings. The molecule has 0 saturated carbocycles. The summed E-state index contributed by atoms with van der Waals surface area (Å²) < 4.78 is 69.1. The number of carbonyl (C=O) groups excluding carboxylic acids is 2. The molecule has 0 bridgehead atoms. The SMILES string of the molecule is CC(C)(C)OC(=O)c1cccc(N(Cc2ccccc2)S(=O)(=O)c2ccccc2)c1.Cc1nc(S(=O)(=O)N(Cc2ccccc2)c2cccc(C(=O)OC(C)(C)C)c2)cn1C. The number of sulfonamides is 2. The minimum absolute atomic E-state index is 0.0499. The Balaban J connectivity index is 0.000000231. The van der Waals surface area contributed by atoms with Gasteiger partial charge in [0.25, 0.3) is 20.0 Å². The molecule has 0 spiro atoms. The van der Waals surface area contributed by atoms with Crippen molar-refractivity contribution in [1.82, 2.24) is 9.55 Å². The Morgan fingerprint density at radius 3 is 1.34 bits per heavy atom. The molecule has 0 saturated heterocycles. The molecule has 320 valence electrons. The zero-order chi connectivity index (χ0) is 44.6. The van der Waals surface area contributed by atoms with Gasteiger partial charge in [0.05, 0.1) is 40.5 Å². The lowest BCUT2D eigenvalue weighted by Crippen LogP contribution is -2.31. The van der Waals surface area contributed by atoms with Crippen molar-refractivity contribution >= 4 is 43.4 Å². The first-order valence-electron chi connectivity index (χ1n) is 19.5. The molecule has 5 aromatic carbocycles. The van der Waals surface area contributed by atoms with Gasteiger partial charge in [-0.05, 0) is 108 Å². The van der Waals surface area contributed by atoms with Gasteiger partial charge in [-0.15, -0.1) is 0 Å². The molecule has 0 aliphatic rings. The molecule has 0 unspecified atom stereocenters. The molecule has 0 radical (unpaired) electrons. The zero-order valence-electron chi connectivity index (χ0n) is 35.6. The summed E-state index contributed by atoms with van der Waals surface area (Å²) in [5, 5.41) is -0.0499. The van der Waals surface area contributed by atoms with E-state index in [1.54, 1.807) is 133 Å². The Hall–Kier alpha value is -6.25. The van der Waals surface area contributed by atoms with E-state index < -0.39 is 43.2 Å². The van der Waals surface area contributed by atoms with Gasteiger partial charge in [-0.1, -0.05) is 91.0 Å². The normalized spacial score (nSPS) is 11.8. The Morgan fingerprint density at radius 1 is 0.574 bits per heavy atom. The van der Waals surface area contributed by atoms with Gasteiger partial charge >= 0.3 is 11.9 Å². The Kier molecular flexibility index (Phi) is 14.3. The summed E-state index contributed by atoms with van der Waals surface area (Å²) in [4.78, 5) is 29.5. The maximum Gasteiger partial charge on any atom is 0.338 e. The van der Waals surface area contributed by atoms with Crippen LogP contribution in [0.4, 0.5) is 11.4 Å². The number of hydrogen-bond acceptors (Lipinski definition) is 9. The third-order valence-electron chi connectivity index (χ3n) is 8.85. The number of aryl methyl sites for hydroxylation is 2. The highest BCUT2D eigenvalue weighted by molar-refractivity contribution is 7.93. The first-order chi connectivity index (χ1) is 28.6. The van der Waals surface area contributed by atoms with Crippen molar-refractivity contribution in [3.63, 3.8) is 0 Å². The van der Waals surface area contributed by atoms with E-state index >= 15 is 0 Å². The third kappa shape index (κ3) is 12.4. The standard InChI is InChI=1S/C24H25NO4S.C23H27N3O4S/c1-24(2,3)29-23(26)20-13-10-14-21(17-20)25(18-19-11-6-4-7-12-19)30(27,28)22-15-8-5-9-16-22;1-17-24-21(16-25(17)5)31(28,29)26(15-18-10-7-6-8-11-18)20-13-9-12-19(14-20)22(27)30-23(2,3)4/h4-17H,18H2,1-3H3;6-14,16H,15H2,1-5H3. The van der Waals surface area contributed by atoms with Gasteiger partial charge in [0.15, 0.2) is 5.03 Å². The monoisotopic (exact) mass is 864 g/mol. The number of rotatable bonds is 12. The summed E-state index contributed by atoms with van der Waals surface area (Å²) in [7, 11) is -6.09. The van der Waals surface area contributed by atoms with Crippen molar-refractivity contribution in [3.05, 3.63) is 174 Å². The average molecular weight is 865 g/mol. The van der Waals surface area contributed by atoms with Crippen molar-refractivity contribution in [1.29, 1.82) is 0 Å². The van der Waals surface area contributed by atoms with Crippen molar-refractivity contribution in [3.8, 4) is 0 Å². The Morgan fingerprint density at radius 2 is 0.967 bits per heavy atom. The summed E-state index contributed by atoms with van der Waals surface area (Å²) in [6.07, 6.45) is 1.49. The maximum atomic E-state index is 13.5. The van der Waals surface area contributed by atoms with Crippen LogP contribution in [0, 0.1) is 6.92 Å². The summed E-state index contributed by atoms with van der Waals surface area (Å²) in [6, 6.07) is 39.8. The number of nitrogens with zero attached hydrogens (tertiary/aromatic N) is 4. The van der Waals surface area contributed by atoms with Crippen LogP contribution in [0.5, 0.6) is 0 Å². The molecule has 6 rings (SSSR count). The molecule has 1 aromatic heterocycles. The van der Waals surface area contributed by atoms with Gasteiger partial charge in [0, 0.05) is 13.2 Å². The number of hydrogen-bond donors (Lipinski definition) is 0. The topological polar surface area (TPSA) is 145 Å². The van der Waals surface area contributed by atoms with E-state index in [1.165, 1.54) is 20.9 Å². The molecule has 0 aliphatic heterocycles. The molecule has 0 aliphatic carbocycles. The van der Waals surface area contributed by atoms with E-state index in [1.807, 2.05) is 60.7 Å². The summed E-state index contributed by atoms with van der Waals surface area (Å²) >= 11 is 0. The molecule has 0 fully saturated rings. The second-order valence-electron chi connectivity index (χ2n) is 16.1. The van der Waals surface area contributed by atoms with E-state index in [-0.39, 0.29) is 28.6 Å². The highest BCUT2D eigenvalue weighted by Gasteiger charge is 2.30. The molecule has 0 atom stereocenters. The van der Waals surface area contributed by atoms with Gasteiger partial charge in [0.2, 0.25) is 0 Å². The summed E-state index contributed by atoms with van der Waals surface area (Å²) in [6.45, 7) is 12.7.